The molecule has 2 aromatic heterocycles. The molecule has 10 heteroatoms. The van der Waals surface area contributed by atoms with E-state index in [1.807, 2.05) is 48.5 Å². The zero-order chi connectivity index (χ0) is 25.2. The van der Waals surface area contributed by atoms with Gasteiger partial charge in [0, 0.05) is 19.6 Å². The van der Waals surface area contributed by atoms with Gasteiger partial charge in [0.25, 0.3) is 11.1 Å². The molecule has 37 heavy (non-hydrogen) atoms. The number of ether oxygens (including phenoxy) is 3. The SMILES string of the molecule is COc1nc2c(ccc3nc(NC(=O)c4cc5ccccc5cc4OCCCN4CCOCC4)sc32)s1. The molecule has 1 amide bonds. The number of benzene rings is 3. The van der Waals surface area contributed by atoms with E-state index in [2.05, 4.69) is 20.2 Å². The second-order valence-electron chi connectivity index (χ2n) is 8.77. The highest BCUT2D eigenvalue weighted by Crippen LogP contribution is 2.37. The standard InChI is InChI=1S/C27H26N4O4S2/c1-33-27-29-23-22(36-27)8-7-20-24(23)37-26(28-20)30-25(32)19-15-17-5-2-3-6-18(17)16-21(19)35-12-4-9-31-10-13-34-14-11-31/h2-3,5-8,15-16H,4,9-14H2,1H3,(H,28,30,32). The summed E-state index contributed by atoms with van der Waals surface area (Å²) in [6, 6.07) is 15.7. The summed E-state index contributed by atoms with van der Waals surface area (Å²) < 4.78 is 18.8. The van der Waals surface area contributed by atoms with Crippen LogP contribution in [0.2, 0.25) is 0 Å². The highest BCUT2D eigenvalue weighted by atomic mass is 32.1. The van der Waals surface area contributed by atoms with Crippen molar-refractivity contribution in [3.63, 3.8) is 0 Å². The number of carbonyl (C=O) groups excluding carboxylic acids is 1. The van der Waals surface area contributed by atoms with Gasteiger partial charge in [-0.2, -0.15) is 0 Å². The Labute approximate surface area is 221 Å². The van der Waals surface area contributed by atoms with Crippen LogP contribution in [0.4, 0.5) is 5.13 Å². The zero-order valence-electron chi connectivity index (χ0n) is 20.4. The summed E-state index contributed by atoms with van der Waals surface area (Å²) in [5, 5.41) is 6.13. The molecule has 0 aliphatic carbocycles. The lowest BCUT2D eigenvalue weighted by Gasteiger charge is -2.26. The first-order valence-corrected chi connectivity index (χ1v) is 13.8. The molecular weight excluding hydrogens is 508 g/mol. The lowest BCUT2D eigenvalue weighted by Crippen LogP contribution is -2.37. The van der Waals surface area contributed by atoms with Crippen molar-refractivity contribution in [1.82, 2.24) is 14.9 Å². The molecule has 190 valence electrons. The van der Waals surface area contributed by atoms with Gasteiger partial charge in [-0.3, -0.25) is 15.0 Å². The second kappa shape index (κ2) is 10.6. The Kier molecular flexibility index (Phi) is 6.88. The van der Waals surface area contributed by atoms with Crippen molar-refractivity contribution in [1.29, 1.82) is 0 Å². The Bertz CT molecular complexity index is 1580. The number of carbonyl (C=O) groups is 1. The van der Waals surface area contributed by atoms with Crippen molar-refractivity contribution >= 4 is 64.9 Å². The molecule has 1 saturated heterocycles. The zero-order valence-corrected chi connectivity index (χ0v) is 22.0. The van der Waals surface area contributed by atoms with Crippen LogP contribution in [0.1, 0.15) is 16.8 Å². The Morgan fingerprint density at radius 2 is 1.89 bits per heavy atom. The molecule has 1 N–H and O–H groups in total. The number of nitrogens with one attached hydrogen (secondary N) is 1. The molecule has 0 bridgehead atoms. The topological polar surface area (TPSA) is 85.8 Å². The van der Waals surface area contributed by atoms with Crippen molar-refractivity contribution in [3.05, 3.63) is 54.1 Å². The Morgan fingerprint density at radius 3 is 2.70 bits per heavy atom. The van der Waals surface area contributed by atoms with E-state index in [1.165, 1.54) is 22.7 Å². The normalized spacial score (nSPS) is 14.4. The van der Waals surface area contributed by atoms with Crippen molar-refractivity contribution in [2.45, 2.75) is 6.42 Å². The maximum Gasteiger partial charge on any atom is 0.274 e. The fraction of sp³-hybridized carbons (Fsp3) is 0.296. The van der Waals surface area contributed by atoms with Crippen molar-refractivity contribution in [2.24, 2.45) is 0 Å². The first kappa shape index (κ1) is 24.1. The molecule has 1 fully saturated rings. The van der Waals surface area contributed by atoms with Crippen LogP contribution in [0.3, 0.4) is 0 Å². The Balaban J connectivity index is 1.23. The monoisotopic (exact) mass is 534 g/mol. The third kappa shape index (κ3) is 5.10. The third-order valence-electron chi connectivity index (χ3n) is 6.36. The van der Waals surface area contributed by atoms with Gasteiger partial charge in [0.15, 0.2) is 5.13 Å². The lowest BCUT2D eigenvalue weighted by atomic mass is 10.1. The minimum Gasteiger partial charge on any atom is -0.493 e. The van der Waals surface area contributed by atoms with E-state index in [9.17, 15) is 4.79 Å². The average Bonchev–Trinajstić information content (AvgIpc) is 3.54. The van der Waals surface area contributed by atoms with Crippen LogP contribution >= 0.6 is 22.7 Å². The molecule has 8 nitrogen and oxygen atoms in total. The maximum atomic E-state index is 13.5. The summed E-state index contributed by atoms with van der Waals surface area (Å²) in [5.74, 6) is 0.325. The van der Waals surface area contributed by atoms with E-state index >= 15 is 0 Å². The number of nitrogens with zero attached hydrogens (tertiary/aromatic N) is 3. The first-order valence-electron chi connectivity index (χ1n) is 12.2. The molecule has 3 aromatic carbocycles. The maximum absolute atomic E-state index is 13.5. The summed E-state index contributed by atoms with van der Waals surface area (Å²) >= 11 is 2.90. The number of hydrogen-bond acceptors (Lipinski definition) is 9. The van der Waals surface area contributed by atoms with Gasteiger partial charge in [-0.1, -0.05) is 46.9 Å². The first-order chi connectivity index (χ1) is 18.2. The molecule has 0 unspecified atom stereocenters. The second-order valence-corrected chi connectivity index (χ2v) is 10.8. The quantitative estimate of drug-likeness (QED) is 0.266. The average molecular weight is 535 g/mol. The predicted octanol–water partition coefficient (Wildman–Crippen LogP) is 5.42. The van der Waals surface area contributed by atoms with Crippen molar-refractivity contribution in [2.75, 3.05) is 51.9 Å². The van der Waals surface area contributed by atoms with Gasteiger partial charge in [0.1, 0.15) is 11.3 Å². The molecule has 0 radical (unpaired) electrons. The number of aromatic nitrogens is 2. The number of anilines is 1. The number of thiazole rings is 2. The number of hydrogen-bond donors (Lipinski definition) is 1. The predicted molar refractivity (Wildman–Crippen MR) is 149 cm³/mol. The highest BCUT2D eigenvalue weighted by molar-refractivity contribution is 7.25. The van der Waals surface area contributed by atoms with Gasteiger partial charge in [-0.25, -0.2) is 9.97 Å². The molecule has 1 aliphatic heterocycles. The van der Waals surface area contributed by atoms with Crippen LogP contribution in [-0.2, 0) is 4.74 Å². The molecule has 3 heterocycles. The molecule has 0 spiro atoms. The summed E-state index contributed by atoms with van der Waals surface area (Å²) in [5.41, 5.74) is 2.12. The van der Waals surface area contributed by atoms with E-state index in [4.69, 9.17) is 14.2 Å². The van der Waals surface area contributed by atoms with Crippen LogP contribution in [-0.4, -0.2) is 67.3 Å². The van der Waals surface area contributed by atoms with Crippen LogP contribution in [0.25, 0.3) is 31.2 Å². The summed E-state index contributed by atoms with van der Waals surface area (Å²) in [6.07, 6.45) is 0.874. The van der Waals surface area contributed by atoms with Gasteiger partial charge in [-0.15, -0.1) is 0 Å². The number of rotatable bonds is 8. The Hall–Kier alpha value is -3.31. The van der Waals surface area contributed by atoms with E-state index in [1.54, 1.807) is 7.11 Å². The van der Waals surface area contributed by atoms with Gasteiger partial charge in [0.05, 0.1) is 47.4 Å². The number of amides is 1. The number of methoxy groups -OCH3 is 1. The summed E-state index contributed by atoms with van der Waals surface area (Å²) in [7, 11) is 1.61. The van der Waals surface area contributed by atoms with E-state index < -0.39 is 0 Å². The largest absolute Gasteiger partial charge is 0.493 e. The minimum atomic E-state index is -0.250. The number of fused-ring (bicyclic) bond motifs is 4. The van der Waals surface area contributed by atoms with Crippen molar-refractivity contribution in [3.8, 4) is 10.9 Å². The highest BCUT2D eigenvalue weighted by Gasteiger charge is 2.18. The van der Waals surface area contributed by atoms with E-state index in [-0.39, 0.29) is 5.91 Å². The summed E-state index contributed by atoms with van der Waals surface area (Å²) in [4.78, 5) is 25.0. The molecule has 1 aliphatic rings. The van der Waals surface area contributed by atoms with Crippen molar-refractivity contribution < 1.29 is 19.0 Å². The third-order valence-corrected chi connectivity index (χ3v) is 8.34. The van der Waals surface area contributed by atoms with Crippen LogP contribution in [0.5, 0.6) is 10.9 Å². The molecule has 6 rings (SSSR count). The lowest BCUT2D eigenvalue weighted by molar-refractivity contribution is 0.0358. The Morgan fingerprint density at radius 1 is 1.08 bits per heavy atom. The van der Waals surface area contributed by atoms with Crippen LogP contribution < -0.4 is 14.8 Å². The van der Waals surface area contributed by atoms with Crippen LogP contribution in [0.15, 0.2) is 48.5 Å². The van der Waals surface area contributed by atoms with Gasteiger partial charge < -0.3 is 14.2 Å². The smallest absolute Gasteiger partial charge is 0.274 e. The van der Waals surface area contributed by atoms with Crippen LogP contribution in [0, 0.1) is 0 Å². The van der Waals surface area contributed by atoms with E-state index in [0.717, 1.165) is 70.5 Å². The number of morpholine rings is 1. The molecule has 0 atom stereocenters. The van der Waals surface area contributed by atoms with Gasteiger partial charge >= 0.3 is 0 Å². The van der Waals surface area contributed by atoms with Gasteiger partial charge in [0.2, 0.25) is 0 Å². The van der Waals surface area contributed by atoms with E-state index in [0.29, 0.717) is 28.2 Å². The summed E-state index contributed by atoms with van der Waals surface area (Å²) in [6.45, 7) is 4.94. The fourth-order valence-corrected chi connectivity index (χ4v) is 6.28. The fourth-order valence-electron chi connectivity index (χ4n) is 4.47. The molecule has 5 aromatic rings. The van der Waals surface area contributed by atoms with Gasteiger partial charge in [-0.05, 0) is 41.5 Å². The minimum absolute atomic E-state index is 0.250. The molecular formula is C27H26N4O4S2. The molecule has 0 saturated carbocycles.